The number of phosphoric acid groups is 1. The van der Waals surface area contributed by atoms with Crippen molar-refractivity contribution in [2.45, 2.75) is 161 Å². The summed E-state index contributed by atoms with van der Waals surface area (Å²) in [6.45, 7) is 2.46. The Bertz CT molecular complexity index is 1380. The Kier molecular flexibility index (Phi) is 37.3. The van der Waals surface area contributed by atoms with Gasteiger partial charge in [0, 0.05) is 19.3 Å². The van der Waals surface area contributed by atoms with Crippen LogP contribution in [0.15, 0.2) is 85.1 Å². The minimum Gasteiger partial charge on any atom is -0.480 e. The number of rotatable bonds is 39. The summed E-state index contributed by atoms with van der Waals surface area (Å²) in [6, 6.07) is -1.56. The lowest BCUT2D eigenvalue weighted by atomic mass is 10.1. The van der Waals surface area contributed by atoms with Gasteiger partial charge in [0.15, 0.2) is 11.9 Å². The minimum atomic E-state index is -4.78. The van der Waals surface area contributed by atoms with Crippen LogP contribution in [-0.4, -0.2) is 65.7 Å². The number of aliphatic carboxylic acids is 1. The zero-order valence-corrected chi connectivity index (χ0v) is 36.7. The molecule has 0 aliphatic heterocycles. The molecule has 0 aromatic rings. The molecule has 59 heavy (non-hydrogen) atoms. The van der Waals surface area contributed by atoms with Crippen LogP contribution in [0, 0.1) is 0 Å². The van der Waals surface area contributed by atoms with Crippen LogP contribution in [0.2, 0.25) is 0 Å². The van der Waals surface area contributed by atoms with Gasteiger partial charge in [-0.05, 0) is 83.1 Å². The molecule has 0 aromatic heterocycles. The topological polar surface area (TPSA) is 189 Å². The zero-order chi connectivity index (χ0) is 43.7. The van der Waals surface area contributed by atoms with Gasteiger partial charge >= 0.3 is 25.7 Å². The van der Waals surface area contributed by atoms with Crippen molar-refractivity contribution in [3.05, 3.63) is 85.1 Å². The first-order valence-corrected chi connectivity index (χ1v) is 23.1. The quantitative estimate of drug-likeness (QED) is 0.0133. The second kappa shape index (κ2) is 39.8. The van der Waals surface area contributed by atoms with E-state index >= 15 is 0 Å². The summed E-state index contributed by atoms with van der Waals surface area (Å²) in [5.74, 6) is -2.85. The fourth-order valence-corrected chi connectivity index (χ4v) is 5.92. The third kappa shape index (κ3) is 39.6. The van der Waals surface area contributed by atoms with Gasteiger partial charge in [0.1, 0.15) is 12.6 Å². The van der Waals surface area contributed by atoms with Gasteiger partial charge in [0.2, 0.25) is 0 Å². The van der Waals surface area contributed by atoms with E-state index in [1.165, 1.54) is 44.6 Å². The number of ketones is 1. The molecule has 0 fully saturated rings. The molecule has 13 heteroatoms. The molecule has 12 nitrogen and oxygen atoms in total. The molecule has 0 bridgehead atoms. The van der Waals surface area contributed by atoms with Crippen molar-refractivity contribution in [3.63, 3.8) is 0 Å². The maximum atomic E-state index is 12.6. The lowest BCUT2D eigenvalue weighted by molar-refractivity contribution is -0.161. The molecule has 0 aliphatic carbocycles. The molecule has 3 atom stereocenters. The molecule has 0 heterocycles. The third-order valence-corrected chi connectivity index (χ3v) is 9.54. The number of ether oxygens (including phenoxy) is 2. The third-order valence-electron chi connectivity index (χ3n) is 8.59. The van der Waals surface area contributed by atoms with Crippen LogP contribution in [-0.2, 0) is 42.3 Å². The molecular formula is C46H74NO11P. The smallest absolute Gasteiger partial charge is 0.472 e. The molecular weight excluding hydrogens is 773 g/mol. The van der Waals surface area contributed by atoms with Gasteiger partial charge in [-0.3, -0.25) is 28.2 Å². The van der Waals surface area contributed by atoms with Crippen molar-refractivity contribution in [2.75, 3.05) is 19.8 Å². The Labute approximate surface area is 354 Å². The van der Waals surface area contributed by atoms with Crippen LogP contribution in [0.25, 0.3) is 0 Å². The van der Waals surface area contributed by atoms with Crippen molar-refractivity contribution in [2.24, 2.45) is 5.73 Å². The number of carbonyl (C=O) groups is 4. The highest BCUT2D eigenvalue weighted by Gasteiger charge is 2.28. The van der Waals surface area contributed by atoms with Crippen LogP contribution in [0.1, 0.15) is 149 Å². The number of carbonyl (C=O) groups excluding carboxylic acids is 3. The molecule has 0 spiro atoms. The molecule has 0 rings (SSSR count). The van der Waals surface area contributed by atoms with Crippen molar-refractivity contribution in [1.82, 2.24) is 0 Å². The van der Waals surface area contributed by atoms with E-state index in [2.05, 4.69) is 79.1 Å². The number of hydrogen-bond donors (Lipinski definition) is 3. The Hall–Kier alpha value is -3.67. The number of allylic oxidation sites excluding steroid dienone is 14. The Morgan fingerprint density at radius 3 is 1.63 bits per heavy atom. The van der Waals surface area contributed by atoms with Gasteiger partial charge in [-0.25, -0.2) is 4.57 Å². The van der Waals surface area contributed by atoms with E-state index in [4.69, 9.17) is 24.8 Å². The fourth-order valence-electron chi connectivity index (χ4n) is 5.14. The van der Waals surface area contributed by atoms with Crippen molar-refractivity contribution < 1.29 is 52.3 Å². The minimum absolute atomic E-state index is 0.0772. The predicted octanol–water partition coefficient (Wildman–Crippen LogP) is 10.7. The second-order valence-corrected chi connectivity index (χ2v) is 15.6. The summed E-state index contributed by atoms with van der Waals surface area (Å²) in [6.07, 6.45) is 45.1. The number of unbranched alkanes of at least 4 members (excludes halogenated alkanes) is 10. The van der Waals surface area contributed by atoms with Crippen LogP contribution in [0.3, 0.4) is 0 Å². The molecule has 0 amide bonds. The SMILES string of the molecule is CCCCC/C=C\C/C=C\C/C=C\C=C\C(=O)CCCC(=O)OC[C@H](COP(=O)(O)OC[C@H](N)C(=O)O)OC(=O)CCCCCC/C=C\C/C=C\C/C=C\CCCCC. The van der Waals surface area contributed by atoms with E-state index in [0.717, 1.165) is 64.2 Å². The molecule has 0 aromatic carbocycles. The number of nitrogens with two attached hydrogens (primary N) is 1. The second-order valence-electron chi connectivity index (χ2n) is 14.2. The largest absolute Gasteiger partial charge is 0.480 e. The number of carboxylic acids is 1. The van der Waals surface area contributed by atoms with Gasteiger partial charge < -0.3 is 25.2 Å². The van der Waals surface area contributed by atoms with E-state index in [1.54, 1.807) is 12.2 Å². The van der Waals surface area contributed by atoms with E-state index in [0.29, 0.717) is 6.42 Å². The first-order valence-electron chi connectivity index (χ1n) is 21.6. The number of esters is 2. The molecule has 0 saturated carbocycles. The first kappa shape index (κ1) is 55.3. The predicted molar refractivity (Wildman–Crippen MR) is 235 cm³/mol. The standard InChI is InChI=1S/C46H74NO11P/c1-3-5-7-9-11-13-15-17-18-19-20-22-24-26-28-30-32-36-45(50)58-42(39-56-59(53,54)57-40-43(47)46(51)52)38-55-44(49)37-33-35-41(48)34-31-29-27-25-23-21-16-14-12-10-8-6-4-2/h11-14,17-18,20-23,27,29,31,34,42-43H,3-10,15-16,19,24-26,28,30,32-33,35-40,47H2,1-2H3,(H,51,52)(H,53,54)/b13-11-,14-12-,18-17-,22-20-,23-21-,29-27-,34-31+/t42-,43+/m1/s1. The van der Waals surface area contributed by atoms with Crippen molar-refractivity contribution in [1.29, 1.82) is 0 Å². The average molecular weight is 848 g/mol. The lowest BCUT2D eigenvalue weighted by Crippen LogP contribution is -2.34. The number of carboxylic acid groups (broad SMARTS) is 1. The van der Waals surface area contributed by atoms with Crippen molar-refractivity contribution >= 4 is 31.5 Å². The molecule has 0 aliphatic rings. The van der Waals surface area contributed by atoms with E-state index in [-0.39, 0.29) is 31.5 Å². The van der Waals surface area contributed by atoms with Crippen LogP contribution in [0.5, 0.6) is 0 Å². The van der Waals surface area contributed by atoms with Gasteiger partial charge in [-0.2, -0.15) is 0 Å². The Morgan fingerprint density at radius 2 is 1.07 bits per heavy atom. The monoisotopic (exact) mass is 847 g/mol. The number of hydrogen-bond acceptors (Lipinski definition) is 10. The normalized spacial score (nSPS) is 14.4. The molecule has 334 valence electrons. The highest BCUT2D eigenvalue weighted by molar-refractivity contribution is 7.47. The first-order chi connectivity index (χ1) is 28.5. The lowest BCUT2D eigenvalue weighted by Gasteiger charge is -2.20. The van der Waals surface area contributed by atoms with Crippen LogP contribution >= 0.6 is 7.82 Å². The maximum Gasteiger partial charge on any atom is 0.472 e. The van der Waals surface area contributed by atoms with Crippen molar-refractivity contribution in [3.8, 4) is 0 Å². The van der Waals surface area contributed by atoms with E-state index in [1.807, 2.05) is 6.08 Å². The van der Waals surface area contributed by atoms with Crippen LogP contribution in [0.4, 0.5) is 0 Å². The van der Waals surface area contributed by atoms with Gasteiger partial charge in [0.25, 0.3) is 0 Å². The summed E-state index contributed by atoms with van der Waals surface area (Å²) >= 11 is 0. The molecule has 1 unspecified atom stereocenters. The molecule has 4 N–H and O–H groups in total. The summed E-state index contributed by atoms with van der Waals surface area (Å²) in [7, 11) is -4.78. The summed E-state index contributed by atoms with van der Waals surface area (Å²) in [4.78, 5) is 58.1. The Morgan fingerprint density at radius 1 is 0.576 bits per heavy atom. The molecule has 0 radical (unpaired) electrons. The summed E-state index contributed by atoms with van der Waals surface area (Å²) in [5, 5.41) is 8.88. The highest BCUT2D eigenvalue weighted by atomic mass is 31.2. The molecule has 0 saturated heterocycles. The summed E-state index contributed by atoms with van der Waals surface area (Å²) < 4.78 is 32.4. The average Bonchev–Trinajstić information content (AvgIpc) is 3.20. The Balaban J connectivity index is 4.63. The van der Waals surface area contributed by atoms with Gasteiger partial charge in [-0.1, -0.05) is 131 Å². The zero-order valence-electron chi connectivity index (χ0n) is 35.8. The highest BCUT2D eigenvalue weighted by Crippen LogP contribution is 2.43. The van der Waals surface area contributed by atoms with Gasteiger partial charge in [-0.15, -0.1) is 0 Å². The van der Waals surface area contributed by atoms with E-state index < -0.39 is 57.7 Å². The van der Waals surface area contributed by atoms with Gasteiger partial charge in [0.05, 0.1) is 13.2 Å². The fraction of sp³-hybridized carbons (Fsp3) is 0.609. The number of phosphoric ester groups is 1. The summed E-state index contributed by atoms with van der Waals surface area (Å²) in [5.41, 5.74) is 5.31. The maximum absolute atomic E-state index is 12.6. The van der Waals surface area contributed by atoms with E-state index in [9.17, 15) is 28.6 Å². The van der Waals surface area contributed by atoms with Crippen LogP contribution < -0.4 is 5.73 Å².